The van der Waals surface area contributed by atoms with Crippen LogP contribution in [0.3, 0.4) is 0 Å². The summed E-state index contributed by atoms with van der Waals surface area (Å²) in [6.07, 6.45) is 2.13. The lowest BCUT2D eigenvalue weighted by atomic mass is 10.3. The molecule has 0 aliphatic heterocycles. The van der Waals surface area contributed by atoms with Gasteiger partial charge in [0.15, 0.2) is 0 Å². The van der Waals surface area contributed by atoms with Gasteiger partial charge in [-0.25, -0.2) is 8.42 Å². The molecule has 7 heteroatoms. The third-order valence-electron chi connectivity index (χ3n) is 2.42. The lowest BCUT2D eigenvalue weighted by Crippen LogP contribution is -2.33. The van der Waals surface area contributed by atoms with Crippen LogP contribution in [0.1, 0.15) is 19.0 Å². The third-order valence-corrected chi connectivity index (χ3v) is 4.33. The number of nitrogens with zero attached hydrogens (tertiary/aromatic N) is 2. The van der Waals surface area contributed by atoms with E-state index in [4.69, 9.17) is 5.73 Å². The number of rotatable bonds is 5. The van der Waals surface area contributed by atoms with Gasteiger partial charge in [0.1, 0.15) is 0 Å². The van der Waals surface area contributed by atoms with Gasteiger partial charge in [-0.3, -0.25) is 9.40 Å². The van der Waals surface area contributed by atoms with E-state index in [1.807, 2.05) is 0 Å². The van der Waals surface area contributed by atoms with Crippen LogP contribution in [-0.4, -0.2) is 30.0 Å². The summed E-state index contributed by atoms with van der Waals surface area (Å²) in [5.74, 6) is 0. The Morgan fingerprint density at radius 3 is 2.62 bits per heavy atom. The van der Waals surface area contributed by atoms with Crippen molar-refractivity contribution < 1.29 is 8.42 Å². The second-order valence-electron chi connectivity index (χ2n) is 3.71. The minimum atomic E-state index is -3.41. The van der Waals surface area contributed by atoms with Gasteiger partial charge < -0.3 is 5.73 Å². The summed E-state index contributed by atoms with van der Waals surface area (Å²) in [4.78, 5) is 0. The minimum absolute atomic E-state index is 0.116. The van der Waals surface area contributed by atoms with Crippen LogP contribution in [0.2, 0.25) is 0 Å². The predicted octanol–water partition coefficient (Wildman–Crippen LogP) is 0.208. The molecule has 0 aliphatic carbocycles. The molecule has 1 atom stereocenters. The Morgan fingerprint density at radius 2 is 2.25 bits per heavy atom. The van der Waals surface area contributed by atoms with Gasteiger partial charge in [0, 0.05) is 19.8 Å². The van der Waals surface area contributed by atoms with Crippen molar-refractivity contribution >= 4 is 15.7 Å². The Hall–Kier alpha value is -1.08. The molecule has 0 fully saturated rings. The topological polar surface area (TPSA) is 90.0 Å². The van der Waals surface area contributed by atoms with Crippen LogP contribution in [0.5, 0.6) is 0 Å². The molecule has 0 aromatic carbocycles. The summed E-state index contributed by atoms with van der Waals surface area (Å²) >= 11 is 0. The first-order valence-corrected chi connectivity index (χ1v) is 6.67. The first kappa shape index (κ1) is 13.0. The molecule has 0 spiro atoms. The van der Waals surface area contributed by atoms with E-state index in [1.54, 1.807) is 31.8 Å². The molecule has 0 amide bonds. The highest BCUT2D eigenvalue weighted by atomic mass is 32.2. The van der Waals surface area contributed by atoms with Gasteiger partial charge in [-0.1, -0.05) is 6.92 Å². The van der Waals surface area contributed by atoms with Crippen molar-refractivity contribution in [2.75, 3.05) is 11.3 Å². The Morgan fingerprint density at radius 1 is 1.62 bits per heavy atom. The third kappa shape index (κ3) is 2.73. The molecule has 6 nitrogen and oxygen atoms in total. The predicted molar refractivity (Wildman–Crippen MR) is 63.6 cm³/mol. The van der Waals surface area contributed by atoms with Crippen LogP contribution in [0.15, 0.2) is 6.20 Å². The quantitative estimate of drug-likeness (QED) is 0.777. The number of aryl methyl sites for hydroxylation is 2. The van der Waals surface area contributed by atoms with Crippen LogP contribution >= 0.6 is 0 Å². The van der Waals surface area contributed by atoms with E-state index in [2.05, 4.69) is 9.82 Å². The largest absolute Gasteiger partial charge is 0.329 e. The molecule has 1 rings (SSSR count). The SMILES string of the molecule is CCC(CN)S(=O)(=O)Nc1cn(C)nc1C. The average molecular weight is 246 g/mol. The number of anilines is 1. The fourth-order valence-electron chi connectivity index (χ4n) is 1.45. The van der Waals surface area contributed by atoms with Crippen LogP contribution < -0.4 is 10.5 Å². The molecule has 0 saturated heterocycles. The van der Waals surface area contributed by atoms with Crippen LogP contribution in [0.4, 0.5) is 5.69 Å². The van der Waals surface area contributed by atoms with E-state index in [-0.39, 0.29) is 6.54 Å². The van der Waals surface area contributed by atoms with Gasteiger partial charge in [-0.15, -0.1) is 0 Å². The van der Waals surface area contributed by atoms with Crippen LogP contribution in [0.25, 0.3) is 0 Å². The molecular formula is C9H18N4O2S. The van der Waals surface area contributed by atoms with Crippen molar-refractivity contribution in [1.82, 2.24) is 9.78 Å². The Labute approximate surface area is 95.9 Å². The molecule has 1 unspecified atom stereocenters. The Balaban J connectivity index is 2.92. The van der Waals surface area contributed by atoms with E-state index < -0.39 is 15.3 Å². The second-order valence-corrected chi connectivity index (χ2v) is 5.68. The zero-order valence-electron chi connectivity index (χ0n) is 9.77. The van der Waals surface area contributed by atoms with Crippen molar-refractivity contribution in [3.05, 3.63) is 11.9 Å². The van der Waals surface area contributed by atoms with Crippen molar-refractivity contribution in [1.29, 1.82) is 0 Å². The summed E-state index contributed by atoms with van der Waals surface area (Å²) in [5.41, 5.74) is 6.59. The molecule has 0 saturated carbocycles. The fraction of sp³-hybridized carbons (Fsp3) is 0.667. The summed E-state index contributed by atoms with van der Waals surface area (Å²) < 4.78 is 27.9. The maximum atomic E-state index is 11.9. The fourth-order valence-corrected chi connectivity index (χ4v) is 2.81. The van der Waals surface area contributed by atoms with Crippen molar-refractivity contribution in [3.63, 3.8) is 0 Å². The van der Waals surface area contributed by atoms with E-state index in [9.17, 15) is 8.42 Å². The monoisotopic (exact) mass is 246 g/mol. The Bertz CT molecular complexity index is 448. The molecule has 3 N–H and O–H groups in total. The molecule has 16 heavy (non-hydrogen) atoms. The number of hydrogen-bond donors (Lipinski definition) is 2. The number of aromatic nitrogens is 2. The molecule has 0 radical (unpaired) electrons. The number of hydrogen-bond acceptors (Lipinski definition) is 4. The highest BCUT2D eigenvalue weighted by Gasteiger charge is 2.23. The zero-order chi connectivity index (χ0) is 12.3. The van der Waals surface area contributed by atoms with E-state index >= 15 is 0 Å². The molecule has 0 aliphatic rings. The number of sulfonamides is 1. The minimum Gasteiger partial charge on any atom is -0.329 e. The summed E-state index contributed by atoms with van der Waals surface area (Å²) in [6.45, 7) is 3.67. The zero-order valence-corrected chi connectivity index (χ0v) is 10.6. The van der Waals surface area contributed by atoms with Gasteiger partial charge in [-0.05, 0) is 13.3 Å². The summed E-state index contributed by atoms with van der Waals surface area (Å²) in [6, 6.07) is 0. The second kappa shape index (κ2) is 4.84. The van der Waals surface area contributed by atoms with Crippen molar-refractivity contribution in [3.8, 4) is 0 Å². The molecule has 92 valence electrons. The number of nitrogens with one attached hydrogen (secondary N) is 1. The molecule has 1 heterocycles. The van der Waals surface area contributed by atoms with Crippen molar-refractivity contribution in [2.24, 2.45) is 12.8 Å². The van der Waals surface area contributed by atoms with Gasteiger partial charge in [0.05, 0.1) is 16.6 Å². The number of nitrogens with two attached hydrogens (primary N) is 1. The van der Waals surface area contributed by atoms with Crippen molar-refractivity contribution in [2.45, 2.75) is 25.5 Å². The average Bonchev–Trinajstić information content (AvgIpc) is 2.45. The van der Waals surface area contributed by atoms with E-state index in [0.717, 1.165) is 0 Å². The van der Waals surface area contributed by atoms with Crippen LogP contribution in [0, 0.1) is 6.92 Å². The normalized spacial score (nSPS) is 13.8. The van der Waals surface area contributed by atoms with Crippen LogP contribution in [-0.2, 0) is 17.1 Å². The maximum Gasteiger partial charge on any atom is 0.236 e. The first-order valence-electron chi connectivity index (χ1n) is 5.12. The standard InChI is InChI=1S/C9H18N4O2S/c1-4-8(5-10)16(14,15)12-9-6-13(3)11-7(9)2/h6,8,12H,4-5,10H2,1-3H3. The van der Waals surface area contributed by atoms with E-state index in [1.165, 1.54) is 0 Å². The smallest absolute Gasteiger partial charge is 0.236 e. The van der Waals surface area contributed by atoms with Gasteiger partial charge >= 0.3 is 0 Å². The van der Waals surface area contributed by atoms with Gasteiger partial charge in [-0.2, -0.15) is 5.10 Å². The highest BCUT2D eigenvalue weighted by molar-refractivity contribution is 7.93. The molecular weight excluding hydrogens is 228 g/mol. The summed E-state index contributed by atoms with van der Waals surface area (Å²) in [5, 5.41) is 3.50. The molecule has 0 bridgehead atoms. The van der Waals surface area contributed by atoms with Gasteiger partial charge in [0.25, 0.3) is 0 Å². The lowest BCUT2D eigenvalue weighted by molar-refractivity contribution is 0.581. The Kier molecular flexibility index (Phi) is 3.93. The molecule has 1 aromatic rings. The summed E-state index contributed by atoms with van der Waals surface area (Å²) in [7, 11) is -1.67. The van der Waals surface area contributed by atoms with E-state index in [0.29, 0.717) is 17.8 Å². The van der Waals surface area contributed by atoms with Gasteiger partial charge in [0.2, 0.25) is 10.0 Å². The highest BCUT2D eigenvalue weighted by Crippen LogP contribution is 2.16. The first-order chi connectivity index (χ1) is 7.40. The molecule has 1 aromatic heterocycles. The lowest BCUT2D eigenvalue weighted by Gasteiger charge is -2.14. The maximum absolute atomic E-state index is 11.9.